The highest BCUT2D eigenvalue weighted by Gasteiger charge is 2.08. The van der Waals surface area contributed by atoms with Gasteiger partial charge in [0.25, 0.3) is 0 Å². The first kappa shape index (κ1) is 13.1. The summed E-state index contributed by atoms with van der Waals surface area (Å²) in [7, 11) is 0. The summed E-state index contributed by atoms with van der Waals surface area (Å²) >= 11 is 11.7. The first-order valence-electron chi connectivity index (χ1n) is 5.12. The van der Waals surface area contributed by atoms with Crippen molar-refractivity contribution in [1.82, 2.24) is 0 Å². The summed E-state index contributed by atoms with van der Waals surface area (Å²) in [6.45, 7) is -0.321. The van der Waals surface area contributed by atoms with Crippen molar-refractivity contribution in [2.45, 2.75) is 6.61 Å². The molecule has 0 fully saturated rings. The van der Waals surface area contributed by atoms with E-state index in [4.69, 9.17) is 33.0 Å². The van der Waals surface area contributed by atoms with Gasteiger partial charge in [-0.2, -0.15) is 0 Å². The number of benzene rings is 2. The highest BCUT2D eigenvalue weighted by molar-refractivity contribution is 6.35. The van der Waals surface area contributed by atoms with Gasteiger partial charge >= 0.3 is 0 Å². The number of aliphatic hydroxyl groups excluding tert-OH is 1. The Morgan fingerprint density at radius 1 is 1.06 bits per heavy atom. The van der Waals surface area contributed by atoms with Crippen LogP contribution in [0.5, 0.6) is 11.5 Å². The molecule has 0 aliphatic rings. The number of halogens is 3. The van der Waals surface area contributed by atoms with Crippen molar-refractivity contribution in [3.05, 3.63) is 57.8 Å². The molecule has 0 unspecified atom stereocenters. The molecule has 2 nitrogen and oxygen atoms in total. The molecule has 0 aliphatic carbocycles. The third-order valence-electron chi connectivity index (χ3n) is 2.31. The quantitative estimate of drug-likeness (QED) is 0.905. The van der Waals surface area contributed by atoms with Crippen LogP contribution in [0.2, 0.25) is 10.0 Å². The fourth-order valence-corrected chi connectivity index (χ4v) is 1.89. The van der Waals surface area contributed by atoms with Gasteiger partial charge in [-0.1, -0.05) is 23.2 Å². The number of hydrogen-bond acceptors (Lipinski definition) is 2. The van der Waals surface area contributed by atoms with Gasteiger partial charge in [0.05, 0.1) is 11.6 Å². The lowest BCUT2D eigenvalue weighted by molar-refractivity contribution is 0.276. The molecule has 5 heteroatoms. The molecule has 0 aliphatic heterocycles. The lowest BCUT2D eigenvalue weighted by Gasteiger charge is -2.11. The highest BCUT2D eigenvalue weighted by atomic mass is 35.5. The van der Waals surface area contributed by atoms with Crippen LogP contribution in [-0.2, 0) is 6.61 Å². The average Bonchev–Trinajstić information content (AvgIpc) is 2.34. The van der Waals surface area contributed by atoms with Gasteiger partial charge in [0.1, 0.15) is 17.3 Å². The molecular formula is C13H9Cl2FO2. The molecule has 0 radical (unpaired) electrons. The van der Waals surface area contributed by atoms with E-state index in [0.717, 1.165) is 0 Å². The second kappa shape index (κ2) is 5.57. The van der Waals surface area contributed by atoms with Gasteiger partial charge in [0, 0.05) is 10.6 Å². The van der Waals surface area contributed by atoms with E-state index in [1.807, 2.05) is 0 Å². The summed E-state index contributed by atoms with van der Waals surface area (Å²) in [5.41, 5.74) is 0.348. The summed E-state index contributed by atoms with van der Waals surface area (Å²) in [6, 6.07) is 8.67. The fourth-order valence-electron chi connectivity index (χ4n) is 1.45. The van der Waals surface area contributed by atoms with Gasteiger partial charge in [0.2, 0.25) is 0 Å². The van der Waals surface area contributed by atoms with Crippen LogP contribution < -0.4 is 4.74 Å². The predicted molar refractivity (Wildman–Crippen MR) is 68.9 cm³/mol. The number of ether oxygens (including phenoxy) is 1. The average molecular weight is 287 g/mol. The molecule has 2 aromatic rings. The fraction of sp³-hybridized carbons (Fsp3) is 0.0769. The van der Waals surface area contributed by atoms with Gasteiger partial charge < -0.3 is 9.84 Å². The molecular weight excluding hydrogens is 278 g/mol. The van der Waals surface area contributed by atoms with Gasteiger partial charge in [-0.05, 0) is 36.4 Å². The molecule has 94 valence electrons. The van der Waals surface area contributed by atoms with E-state index >= 15 is 0 Å². The predicted octanol–water partition coefficient (Wildman–Crippen LogP) is 4.42. The first-order valence-corrected chi connectivity index (χ1v) is 5.88. The minimum atomic E-state index is -0.436. The Kier molecular flexibility index (Phi) is 4.07. The zero-order chi connectivity index (χ0) is 13.1. The third kappa shape index (κ3) is 2.93. The normalized spacial score (nSPS) is 10.4. The summed E-state index contributed by atoms with van der Waals surface area (Å²) in [6.07, 6.45) is 0. The maximum absolute atomic E-state index is 13.0. The molecule has 0 heterocycles. The number of aliphatic hydroxyl groups is 1. The van der Waals surface area contributed by atoms with E-state index < -0.39 is 5.82 Å². The van der Waals surface area contributed by atoms with Crippen molar-refractivity contribution >= 4 is 23.2 Å². The van der Waals surface area contributed by atoms with Crippen LogP contribution in [0.15, 0.2) is 36.4 Å². The maximum atomic E-state index is 13.0. The summed E-state index contributed by atoms with van der Waals surface area (Å²) in [4.78, 5) is 0. The van der Waals surface area contributed by atoms with E-state index in [1.165, 1.54) is 18.2 Å². The van der Waals surface area contributed by atoms with Crippen molar-refractivity contribution in [3.63, 3.8) is 0 Å². The molecule has 0 atom stereocenters. The summed E-state index contributed by atoms with van der Waals surface area (Å²) in [5.74, 6) is 0.305. The van der Waals surface area contributed by atoms with Crippen LogP contribution in [0.4, 0.5) is 4.39 Å². The Balaban J connectivity index is 2.33. The van der Waals surface area contributed by atoms with E-state index in [2.05, 4.69) is 0 Å². The Morgan fingerprint density at radius 3 is 2.44 bits per heavy atom. The molecule has 0 saturated heterocycles. The standard InChI is InChI=1S/C13H9Cl2FO2/c14-9-1-3-13(11(15)6-9)18-12-4-2-10(16)5-8(12)7-17/h1-6,17H,7H2. The van der Waals surface area contributed by atoms with Crippen molar-refractivity contribution in [2.75, 3.05) is 0 Å². The molecule has 0 amide bonds. The Morgan fingerprint density at radius 2 is 1.78 bits per heavy atom. The van der Waals surface area contributed by atoms with Gasteiger partial charge in [-0.15, -0.1) is 0 Å². The van der Waals surface area contributed by atoms with Crippen LogP contribution in [0.1, 0.15) is 5.56 Å². The number of rotatable bonds is 3. The van der Waals surface area contributed by atoms with Crippen LogP contribution in [0, 0.1) is 5.82 Å². The Hall–Kier alpha value is -1.29. The zero-order valence-corrected chi connectivity index (χ0v) is 10.7. The van der Waals surface area contributed by atoms with Crippen molar-refractivity contribution in [1.29, 1.82) is 0 Å². The third-order valence-corrected chi connectivity index (χ3v) is 2.84. The smallest absolute Gasteiger partial charge is 0.146 e. The van der Waals surface area contributed by atoms with E-state index in [0.29, 0.717) is 27.1 Å². The molecule has 18 heavy (non-hydrogen) atoms. The lowest BCUT2D eigenvalue weighted by atomic mass is 10.2. The molecule has 1 N–H and O–H groups in total. The maximum Gasteiger partial charge on any atom is 0.146 e. The summed E-state index contributed by atoms with van der Waals surface area (Å²) < 4.78 is 18.5. The highest BCUT2D eigenvalue weighted by Crippen LogP contribution is 2.33. The van der Waals surface area contributed by atoms with E-state index in [1.54, 1.807) is 18.2 Å². The second-order valence-corrected chi connectivity index (χ2v) is 4.43. The van der Waals surface area contributed by atoms with Gasteiger partial charge in [-0.3, -0.25) is 0 Å². The first-order chi connectivity index (χ1) is 8.60. The van der Waals surface area contributed by atoms with E-state index in [-0.39, 0.29) is 6.61 Å². The Labute approximate surface area is 114 Å². The van der Waals surface area contributed by atoms with Crippen LogP contribution in [0.25, 0.3) is 0 Å². The minimum absolute atomic E-state index is 0.321. The zero-order valence-electron chi connectivity index (χ0n) is 9.16. The summed E-state index contributed by atoms with van der Waals surface area (Å²) in [5, 5.41) is 9.97. The molecule has 0 spiro atoms. The molecule has 0 aromatic heterocycles. The molecule has 2 rings (SSSR count). The van der Waals surface area contributed by atoms with Gasteiger partial charge in [0.15, 0.2) is 0 Å². The lowest BCUT2D eigenvalue weighted by Crippen LogP contribution is -1.93. The number of hydrogen-bond donors (Lipinski definition) is 1. The molecule has 0 saturated carbocycles. The largest absolute Gasteiger partial charge is 0.455 e. The topological polar surface area (TPSA) is 29.5 Å². The van der Waals surface area contributed by atoms with Crippen LogP contribution in [-0.4, -0.2) is 5.11 Å². The van der Waals surface area contributed by atoms with E-state index in [9.17, 15) is 4.39 Å². The minimum Gasteiger partial charge on any atom is -0.455 e. The van der Waals surface area contributed by atoms with Crippen molar-refractivity contribution < 1.29 is 14.2 Å². The van der Waals surface area contributed by atoms with Gasteiger partial charge in [-0.25, -0.2) is 4.39 Å². The van der Waals surface area contributed by atoms with Crippen LogP contribution in [0.3, 0.4) is 0 Å². The molecule has 0 bridgehead atoms. The SMILES string of the molecule is OCc1cc(F)ccc1Oc1ccc(Cl)cc1Cl. The van der Waals surface area contributed by atoms with Crippen molar-refractivity contribution in [3.8, 4) is 11.5 Å². The second-order valence-electron chi connectivity index (χ2n) is 3.59. The van der Waals surface area contributed by atoms with Crippen LogP contribution >= 0.6 is 23.2 Å². The Bertz CT molecular complexity index is 573. The van der Waals surface area contributed by atoms with Crippen molar-refractivity contribution in [2.24, 2.45) is 0 Å². The monoisotopic (exact) mass is 286 g/mol. The molecule has 2 aromatic carbocycles.